The predicted octanol–water partition coefficient (Wildman–Crippen LogP) is 2.07. The third-order valence-corrected chi connectivity index (χ3v) is 4.96. The molecule has 3 heterocycles. The first kappa shape index (κ1) is 13.7. The van der Waals surface area contributed by atoms with Crippen molar-refractivity contribution in [2.75, 3.05) is 11.9 Å². The highest BCUT2D eigenvalue weighted by Crippen LogP contribution is 2.61. The van der Waals surface area contributed by atoms with E-state index in [1.807, 2.05) is 37.3 Å². The number of carbonyl (C=O) groups excluding carboxylic acids is 1. The molecule has 5 rings (SSSR count). The summed E-state index contributed by atoms with van der Waals surface area (Å²) in [6, 6.07) is 9.85. The van der Waals surface area contributed by atoms with Crippen molar-refractivity contribution in [1.29, 1.82) is 0 Å². The molecule has 1 saturated carbocycles. The van der Waals surface area contributed by atoms with Crippen molar-refractivity contribution in [2.24, 2.45) is 11.1 Å². The summed E-state index contributed by atoms with van der Waals surface area (Å²) in [7, 11) is 0. The molecule has 5 heteroatoms. The van der Waals surface area contributed by atoms with Crippen molar-refractivity contribution >= 4 is 22.5 Å². The van der Waals surface area contributed by atoms with Crippen LogP contribution in [0.15, 0.2) is 36.5 Å². The number of carbonyl (C=O) groups is 1. The van der Waals surface area contributed by atoms with Crippen molar-refractivity contribution < 1.29 is 9.53 Å². The van der Waals surface area contributed by atoms with Crippen molar-refractivity contribution in [3.63, 3.8) is 0 Å². The van der Waals surface area contributed by atoms with Crippen LogP contribution < -0.4 is 11.1 Å². The molecule has 114 valence electrons. The highest BCUT2D eigenvalue weighted by Gasteiger charge is 2.68. The second-order valence-corrected chi connectivity index (χ2v) is 6.67. The van der Waals surface area contributed by atoms with E-state index in [0.29, 0.717) is 12.4 Å². The number of aromatic nitrogens is 1. The topological polar surface area (TPSA) is 77.2 Å². The van der Waals surface area contributed by atoms with Crippen molar-refractivity contribution in [3.8, 4) is 0 Å². The Morgan fingerprint density at radius 1 is 1.41 bits per heavy atom. The summed E-state index contributed by atoms with van der Waals surface area (Å²) in [5.74, 6) is 0.551. The minimum Gasteiger partial charge on any atom is -0.370 e. The molecule has 0 spiro atoms. The van der Waals surface area contributed by atoms with Gasteiger partial charge in [-0.3, -0.25) is 4.79 Å². The van der Waals surface area contributed by atoms with Crippen LogP contribution >= 0.6 is 0 Å². The molecule has 3 N–H and O–H groups in total. The molecule has 1 aromatic carbocycles. The van der Waals surface area contributed by atoms with Crippen LogP contribution in [0.4, 0.5) is 5.82 Å². The van der Waals surface area contributed by atoms with Gasteiger partial charge in [0.15, 0.2) is 0 Å². The molecule has 1 aliphatic carbocycles. The minimum absolute atomic E-state index is 0.0271. The lowest BCUT2D eigenvalue weighted by molar-refractivity contribution is -0.130. The third-order valence-electron chi connectivity index (χ3n) is 4.96. The number of pyridine rings is 1. The Balaban J connectivity index is 1.59. The quantitative estimate of drug-likeness (QED) is 0.909. The van der Waals surface area contributed by atoms with Gasteiger partial charge in [-0.1, -0.05) is 24.3 Å². The fraction of sp³-hybridized carbons (Fsp3) is 0.412. The van der Waals surface area contributed by atoms with Gasteiger partial charge in [-0.25, -0.2) is 4.98 Å². The normalized spacial score (nSPS) is 32.7. The van der Waals surface area contributed by atoms with Crippen molar-refractivity contribution in [3.05, 3.63) is 36.5 Å². The van der Waals surface area contributed by atoms with E-state index in [-0.39, 0.29) is 17.6 Å². The number of fused-ring (bicyclic) bond motifs is 2. The number of benzene rings is 1. The van der Waals surface area contributed by atoms with E-state index in [1.54, 1.807) is 6.20 Å². The molecular formula is C17H19N3O2. The Morgan fingerprint density at radius 2 is 2.14 bits per heavy atom. The molecular weight excluding hydrogens is 278 g/mol. The minimum atomic E-state index is -0.489. The Labute approximate surface area is 128 Å². The Hall–Kier alpha value is -1.98. The smallest absolute Gasteiger partial charge is 0.234 e. The number of hydrogen-bond acceptors (Lipinski definition) is 4. The molecule has 1 aromatic heterocycles. The largest absolute Gasteiger partial charge is 0.370 e. The van der Waals surface area contributed by atoms with Gasteiger partial charge < -0.3 is 15.8 Å². The van der Waals surface area contributed by atoms with Gasteiger partial charge in [-0.15, -0.1) is 0 Å². The average molecular weight is 297 g/mol. The van der Waals surface area contributed by atoms with Crippen molar-refractivity contribution in [2.45, 2.75) is 31.5 Å². The second kappa shape index (κ2) is 4.51. The molecule has 3 aliphatic rings. The fourth-order valence-corrected chi connectivity index (χ4v) is 4.02. The average Bonchev–Trinajstić information content (AvgIpc) is 2.95. The van der Waals surface area contributed by atoms with Crippen LogP contribution in [-0.2, 0) is 9.53 Å². The van der Waals surface area contributed by atoms with Gasteiger partial charge in [0.2, 0.25) is 5.91 Å². The van der Waals surface area contributed by atoms with Crippen LogP contribution in [0, 0.1) is 5.41 Å². The van der Waals surface area contributed by atoms with Crippen LogP contribution in [-0.4, -0.2) is 29.1 Å². The lowest BCUT2D eigenvalue weighted by Gasteiger charge is -2.41. The maximum absolute atomic E-state index is 12.7. The first-order chi connectivity index (χ1) is 10.5. The molecule has 0 radical (unpaired) electrons. The molecule has 2 bridgehead atoms. The predicted molar refractivity (Wildman–Crippen MR) is 84.4 cm³/mol. The summed E-state index contributed by atoms with van der Waals surface area (Å²) in [5.41, 5.74) is 5.11. The lowest BCUT2D eigenvalue weighted by Crippen LogP contribution is -2.52. The summed E-state index contributed by atoms with van der Waals surface area (Å²) >= 11 is 0. The van der Waals surface area contributed by atoms with Crippen LogP contribution in [0.5, 0.6) is 0 Å². The van der Waals surface area contributed by atoms with Gasteiger partial charge >= 0.3 is 0 Å². The summed E-state index contributed by atoms with van der Waals surface area (Å²) in [6.07, 6.45) is 3.06. The maximum Gasteiger partial charge on any atom is 0.234 e. The summed E-state index contributed by atoms with van der Waals surface area (Å²) < 4.78 is 5.90. The van der Waals surface area contributed by atoms with E-state index in [2.05, 4.69) is 10.3 Å². The van der Waals surface area contributed by atoms with Gasteiger partial charge in [0.25, 0.3) is 0 Å². The van der Waals surface area contributed by atoms with Gasteiger partial charge in [-0.2, -0.15) is 0 Å². The molecule has 2 aromatic rings. The zero-order valence-electron chi connectivity index (χ0n) is 12.5. The van der Waals surface area contributed by atoms with Crippen LogP contribution in [0.25, 0.3) is 10.8 Å². The van der Waals surface area contributed by atoms with Crippen LogP contribution in [0.1, 0.15) is 19.8 Å². The van der Waals surface area contributed by atoms with E-state index in [0.717, 1.165) is 23.6 Å². The number of nitrogens with zero attached hydrogens (tertiary/aromatic N) is 1. The Morgan fingerprint density at radius 3 is 2.86 bits per heavy atom. The van der Waals surface area contributed by atoms with Crippen molar-refractivity contribution in [1.82, 2.24) is 4.98 Å². The SMILES string of the molecule is CC12CC(C(=O)Nc3cc4ccccc4cn3)(C1)C(CN)O2. The van der Waals surface area contributed by atoms with Gasteiger partial charge in [0.1, 0.15) is 5.82 Å². The molecule has 1 unspecified atom stereocenters. The number of rotatable bonds is 3. The zero-order valence-corrected chi connectivity index (χ0v) is 12.5. The maximum atomic E-state index is 12.7. The first-order valence-electron chi connectivity index (χ1n) is 7.59. The van der Waals surface area contributed by atoms with Gasteiger partial charge in [-0.05, 0) is 31.2 Å². The summed E-state index contributed by atoms with van der Waals surface area (Å²) in [4.78, 5) is 17.1. The highest BCUT2D eigenvalue weighted by atomic mass is 16.5. The van der Waals surface area contributed by atoms with Gasteiger partial charge in [0.05, 0.1) is 17.1 Å². The lowest BCUT2D eigenvalue weighted by atomic mass is 9.60. The first-order valence-corrected chi connectivity index (χ1v) is 7.59. The highest BCUT2D eigenvalue weighted by molar-refractivity contribution is 5.98. The molecule has 1 amide bonds. The standard InChI is InChI=1S/C17H19N3O2/c1-16-9-17(10-16,13(7-18)22-16)15(21)20-14-6-11-4-2-3-5-12(11)8-19-14/h2-6,8,13H,7,9-10,18H2,1H3,(H,19,20,21). The van der Waals surface area contributed by atoms with Gasteiger partial charge in [0, 0.05) is 18.1 Å². The molecule has 2 aliphatic heterocycles. The molecule has 2 saturated heterocycles. The zero-order chi connectivity index (χ0) is 15.4. The van der Waals surface area contributed by atoms with E-state index in [9.17, 15) is 4.79 Å². The Kier molecular flexibility index (Phi) is 2.80. The number of anilines is 1. The monoisotopic (exact) mass is 297 g/mol. The van der Waals surface area contributed by atoms with Crippen LogP contribution in [0.2, 0.25) is 0 Å². The van der Waals surface area contributed by atoms with E-state index in [1.165, 1.54) is 0 Å². The molecule has 3 fully saturated rings. The second-order valence-electron chi connectivity index (χ2n) is 6.67. The number of nitrogens with one attached hydrogen (secondary N) is 1. The molecule has 22 heavy (non-hydrogen) atoms. The number of ether oxygens (including phenoxy) is 1. The number of hydrogen-bond donors (Lipinski definition) is 2. The van der Waals surface area contributed by atoms with Crippen LogP contribution in [0.3, 0.4) is 0 Å². The van der Waals surface area contributed by atoms with E-state index >= 15 is 0 Å². The molecule has 1 atom stereocenters. The third kappa shape index (κ3) is 1.86. The fourth-order valence-electron chi connectivity index (χ4n) is 4.02. The summed E-state index contributed by atoms with van der Waals surface area (Å²) in [6.45, 7) is 2.41. The Bertz CT molecular complexity index is 752. The molecule has 5 nitrogen and oxygen atoms in total. The summed E-state index contributed by atoms with van der Waals surface area (Å²) in [5, 5.41) is 5.06. The van der Waals surface area contributed by atoms with E-state index in [4.69, 9.17) is 10.5 Å². The number of amides is 1. The van der Waals surface area contributed by atoms with E-state index < -0.39 is 5.41 Å². The number of nitrogens with two attached hydrogens (primary N) is 1.